The van der Waals surface area contributed by atoms with E-state index in [1.165, 1.54) is 6.21 Å². The van der Waals surface area contributed by atoms with Crippen molar-refractivity contribution < 1.29 is 4.79 Å². The van der Waals surface area contributed by atoms with Crippen molar-refractivity contribution in [1.82, 2.24) is 0 Å². The zero-order chi connectivity index (χ0) is 6.97. The molecule has 1 aliphatic heterocycles. The van der Waals surface area contributed by atoms with Crippen molar-refractivity contribution >= 4 is 12.1 Å². The predicted octanol–water partition coefficient (Wildman–Crippen LogP) is 1.02. The Balaban J connectivity index is 2.54. The molecule has 2 nitrogen and oxygen atoms in total. The van der Waals surface area contributed by atoms with E-state index in [0.717, 1.165) is 5.57 Å². The van der Waals surface area contributed by atoms with Crippen molar-refractivity contribution in [3.05, 3.63) is 35.5 Å². The summed E-state index contributed by atoms with van der Waals surface area (Å²) in [5.74, 6) is -0.137. The molecule has 0 unspecified atom stereocenters. The number of fused-ring (bicyclic) bond motifs is 1. The fourth-order valence-electron chi connectivity index (χ4n) is 1.03. The Hall–Kier alpha value is -1.44. The maximum absolute atomic E-state index is 10.9. The highest BCUT2D eigenvalue weighted by Crippen LogP contribution is 2.20. The monoisotopic (exact) mass is 131 g/mol. The van der Waals surface area contributed by atoms with Crippen LogP contribution in [-0.4, -0.2) is 12.1 Å². The van der Waals surface area contributed by atoms with E-state index in [-0.39, 0.29) is 5.91 Å². The number of nitrogens with zero attached hydrogens (tertiary/aromatic N) is 1. The predicted molar refractivity (Wildman–Crippen MR) is 38.8 cm³/mol. The van der Waals surface area contributed by atoms with Gasteiger partial charge in [0.15, 0.2) is 0 Å². The Morgan fingerprint density at radius 2 is 2.20 bits per heavy atom. The molecule has 0 aromatic rings. The van der Waals surface area contributed by atoms with Crippen LogP contribution in [0.2, 0.25) is 0 Å². The highest BCUT2D eigenvalue weighted by atomic mass is 16.1. The molecular weight excluding hydrogens is 126 g/mol. The smallest absolute Gasteiger partial charge is 0.267 e. The summed E-state index contributed by atoms with van der Waals surface area (Å²) in [6.45, 7) is 0. The Kier molecular flexibility index (Phi) is 0.947. The van der Waals surface area contributed by atoms with Crippen LogP contribution in [0.3, 0.4) is 0 Å². The Labute approximate surface area is 58.3 Å². The molecule has 0 fully saturated rings. The number of carbonyl (C=O) groups is 1. The summed E-state index contributed by atoms with van der Waals surface area (Å²) in [5.41, 5.74) is 1.68. The van der Waals surface area contributed by atoms with Crippen LogP contribution in [-0.2, 0) is 4.79 Å². The molecule has 0 aromatic heterocycles. The van der Waals surface area contributed by atoms with Crippen LogP contribution in [0.4, 0.5) is 0 Å². The summed E-state index contributed by atoms with van der Waals surface area (Å²) < 4.78 is 0. The van der Waals surface area contributed by atoms with Crippen molar-refractivity contribution in [2.75, 3.05) is 0 Å². The van der Waals surface area contributed by atoms with Crippen LogP contribution in [0.15, 0.2) is 40.4 Å². The number of amides is 1. The first kappa shape index (κ1) is 5.35. The number of carbonyl (C=O) groups excluding carboxylic acids is 1. The first-order valence-corrected chi connectivity index (χ1v) is 3.05. The third-order valence-electron chi connectivity index (χ3n) is 1.53. The maximum Gasteiger partial charge on any atom is 0.277 e. The summed E-state index contributed by atoms with van der Waals surface area (Å²) in [4.78, 5) is 14.6. The number of rotatable bonds is 0. The van der Waals surface area contributed by atoms with Gasteiger partial charge < -0.3 is 0 Å². The van der Waals surface area contributed by atoms with Gasteiger partial charge in [-0.1, -0.05) is 12.2 Å². The lowest BCUT2D eigenvalue weighted by atomic mass is 10.1. The molecule has 0 aromatic carbocycles. The van der Waals surface area contributed by atoms with Gasteiger partial charge in [-0.25, -0.2) is 4.99 Å². The van der Waals surface area contributed by atoms with Gasteiger partial charge in [0.1, 0.15) is 0 Å². The lowest BCUT2D eigenvalue weighted by molar-refractivity contribution is -0.114. The van der Waals surface area contributed by atoms with Crippen LogP contribution in [0, 0.1) is 0 Å². The molecule has 2 rings (SSSR count). The molecule has 0 saturated heterocycles. The molecule has 1 heterocycles. The van der Waals surface area contributed by atoms with E-state index in [1.54, 1.807) is 6.08 Å². The summed E-state index contributed by atoms with van der Waals surface area (Å²) in [6, 6.07) is 0. The molecule has 0 spiro atoms. The maximum atomic E-state index is 10.9. The van der Waals surface area contributed by atoms with Crippen LogP contribution in [0.1, 0.15) is 0 Å². The molecule has 0 saturated carbocycles. The lowest BCUT2D eigenvalue weighted by Crippen LogP contribution is -2.03. The number of dihydropyridines is 1. The first-order valence-electron chi connectivity index (χ1n) is 3.05. The molecule has 48 valence electrons. The second-order valence-electron chi connectivity index (χ2n) is 2.14. The van der Waals surface area contributed by atoms with Crippen molar-refractivity contribution in [3.8, 4) is 0 Å². The minimum absolute atomic E-state index is 0.137. The molecule has 0 atom stereocenters. The second-order valence-corrected chi connectivity index (χ2v) is 2.14. The number of hydrogen-bond acceptors (Lipinski definition) is 1. The van der Waals surface area contributed by atoms with Crippen molar-refractivity contribution in [1.29, 1.82) is 0 Å². The van der Waals surface area contributed by atoms with E-state index in [1.807, 2.05) is 18.2 Å². The van der Waals surface area contributed by atoms with Gasteiger partial charge in [0.05, 0.1) is 0 Å². The van der Waals surface area contributed by atoms with Crippen molar-refractivity contribution in [2.45, 2.75) is 0 Å². The molecule has 1 amide bonds. The third kappa shape index (κ3) is 0.589. The zero-order valence-electron chi connectivity index (χ0n) is 5.24. The van der Waals surface area contributed by atoms with E-state index in [9.17, 15) is 4.79 Å². The van der Waals surface area contributed by atoms with Gasteiger partial charge in [-0.05, 0) is 17.7 Å². The Morgan fingerprint density at radius 3 is 3.00 bits per heavy atom. The SMILES string of the molecule is O=C1N=CC=C2C=CC=C12. The fraction of sp³-hybridized carbons (Fsp3) is 0. The van der Waals surface area contributed by atoms with Gasteiger partial charge in [0.2, 0.25) is 0 Å². The largest absolute Gasteiger partial charge is 0.277 e. The van der Waals surface area contributed by atoms with E-state index in [0.29, 0.717) is 5.57 Å². The molecule has 0 N–H and O–H groups in total. The molecule has 2 aliphatic rings. The average Bonchev–Trinajstić information content (AvgIpc) is 2.36. The number of allylic oxidation sites excluding steroid dienone is 4. The fourth-order valence-corrected chi connectivity index (χ4v) is 1.03. The third-order valence-corrected chi connectivity index (χ3v) is 1.53. The summed E-state index contributed by atoms with van der Waals surface area (Å²) in [6.07, 6.45) is 8.90. The van der Waals surface area contributed by atoms with Gasteiger partial charge in [-0.2, -0.15) is 0 Å². The van der Waals surface area contributed by atoms with Gasteiger partial charge >= 0.3 is 0 Å². The Bertz CT molecular complexity index is 299. The number of aliphatic imine (C=N–C) groups is 1. The highest BCUT2D eigenvalue weighted by Gasteiger charge is 2.15. The lowest BCUT2D eigenvalue weighted by Gasteiger charge is -2.01. The molecule has 0 bridgehead atoms. The van der Waals surface area contributed by atoms with Gasteiger partial charge in [0, 0.05) is 11.8 Å². The van der Waals surface area contributed by atoms with E-state index >= 15 is 0 Å². The Morgan fingerprint density at radius 1 is 1.30 bits per heavy atom. The van der Waals surface area contributed by atoms with Crippen LogP contribution < -0.4 is 0 Å². The average molecular weight is 131 g/mol. The molecule has 0 radical (unpaired) electrons. The van der Waals surface area contributed by atoms with Crippen LogP contribution in [0.25, 0.3) is 0 Å². The summed E-state index contributed by atoms with van der Waals surface area (Å²) in [7, 11) is 0. The standard InChI is InChI=1S/C8H5NO/c10-8-7-3-1-2-6(7)4-5-9-8/h1-5H. The minimum atomic E-state index is -0.137. The van der Waals surface area contributed by atoms with Crippen LogP contribution in [0.5, 0.6) is 0 Å². The van der Waals surface area contributed by atoms with Crippen molar-refractivity contribution in [2.24, 2.45) is 4.99 Å². The van der Waals surface area contributed by atoms with Gasteiger partial charge in [-0.15, -0.1) is 0 Å². The molecule has 2 heteroatoms. The topological polar surface area (TPSA) is 29.4 Å². The quantitative estimate of drug-likeness (QED) is 0.482. The molecular formula is C8H5NO. The minimum Gasteiger partial charge on any atom is -0.267 e. The second kappa shape index (κ2) is 1.77. The van der Waals surface area contributed by atoms with Gasteiger partial charge in [0.25, 0.3) is 5.91 Å². The van der Waals surface area contributed by atoms with Crippen LogP contribution >= 0.6 is 0 Å². The zero-order valence-corrected chi connectivity index (χ0v) is 5.24. The van der Waals surface area contributed by atoms with E-state index in [4.69, 9.17) is 0 Å². The van der Waals surface area contributed by atoms with E-state index in [2.05, 4.69) is 4.99 Å². The summed E-state index contributed by atoms with van der Waals surface area (Å²) >= 11 is 0. The molecule has 10 heavy (non-hydrogen) atoms. The van der Waals surface area contributed by atoms with E-state index < -0.39 is 0 Å². The highest BCUT2D eigenvalue weighted by molar-refractivity contribution is 6.08. The molecule has 1 aliphatic carbocycles. The van der Waals surface area contributed by atoms with Crippen molar-refractivity contribution in [3.63, 3.8) is 0 Å². The first-order chi connectivity index (χ1) is 4.88. The number of hydrogen-bond donors (Lipinski definition) is 0. The van der Waals surface area contributed by atoms with Gasteiger partial charge in [-0.3, -0.25) is 4.79 Å². The normalized spacial score (nSPS) is 20.6. The summed E-state index contributed by atoms with van der Waals surface area (Å²) in [5, 5.41) is 0.